The second kappa shape index (κ2) is 15.9. The molecular formula is C35H50N4O3. The molecule has 0 aliphatic heterocycles. The van der Waals surface area contributed by atoms with E-state index < -0.39 is 0 Å². The van der Waals surface area contributed by atoms with E-state index in [1.165, 1.54) is 32.1 Å². The summed E-state index contributed by atoms with van der Waals surface area (Å²) in [6.07, 6.45) is 9.37. The second-order valence-electron chi connectivity index (χ2n) is 11.3. The summed E-state index contributed by atoms with van der Waals surface area (Å²) < 4.78 is 18.2. The van der Waals surface area contributed by atoms with Crippen LogP contribution in [-0.2, 0) is 25.7 Å². The van der Waals surface area contributed by atoms with Crippen LogP contribution in [0.15, 0.2) is 42.5 Å². The number of nitrogens with two attached hydrogens (primary N) is 4. The fourth-order valence-electron chi connectivity index (χ4n) is 6.35. The molecule has 0 saturated heterocycles. The molecule has 42 heavy (non-hydrogen) atoms. The molecule has 0 unspecified atom stereocenters. The van der Waals surface area contributed by atoms with Gasteiger partial charge >= 0.3 is 0 Å². The van der Waals surface area contributed by atoms with Gasteiger partial charge in [-0.3, -0.25) is 0 Å². The summed E-state index contributed by atoms with van der Waals surface area (Å²) in [5.74, 6) is 3.20. The van der Waals surface area contributed by atoms with Crippen molar-refractivity contribution in [3.05, 3.63) is 64.7 Å². The first-order valence-corrected chi connectivity index (χ1v) is 15.5. The Labute approximate surface area is 251 Å². The lowest BCUT2D eigenvalue weighted by Gasteiger charge is -2.24. The van der Waals surface area contributed by atoms with Crippen molar-refractivity contribution in [2.75, 3.05) is 47.0 Å². The molecule has 3 aromatic carbocycles. The SMILES string of the molecule is COc1cc(CCN)c(-c2ccc(-c3cc(CCN)c(OCC4CCCCC4)c(CCN)c3)c(OC)c2)c(CCN)c1. The molecule has 0 heterocycles. The van der Waals surface area contributed by atoms with Gasteiger partial charge in [0.1, 0.15) is 17.2 Å². The zero-order valence-corrected chi connectivity index (χ0v) is 25.6. The first-order chi connectivity index (χ1) is 20.6. The van der Waals surface area contributed by atoms with Gasteiger partial charge in [-0.25, -0.2) is 0 Å². The van der Waals surface area contributed by atoms with E-state index >= 15 is 0 Å². The van der Waals surface area contributed by atoms with Crippen molar-refractivity contribution >= 4 is 0 Å². The minimum Gasteiger partial charge on any atom is -0.497 e. The molecule has 1 fully saturated rings. The van der Waals surface area contributed by atoms with E-state index in [0.29, 0.717) is 32.1 Å². The van der Waals surface area contributed by atoms with Crippen LogP contribution in [0.5, 0.6) is 17.2 Å². The number of hydrogen-bond donors (Lipinski definition) is 4. The van der Waals surface area contributed by atoms with Gasteiger partial charge in [-0.2, -0.15) is 0 Å². The van der Waals surface area contributed by atoms with E-state index in [0.717, 1.165) is 94.0 Å². The molecule has 7 nitrogen and oxygen atoms in total. The summed E-state index contributed by atoms with van der Waals surface area (Å²) in [4.78, 5) is 0. The summed E-state index contributed by atoms with van der Waals surface area (Å²) in [6, 6.07) is 15.0. The largest absolute Gasteiger partial charge is 0.497 e. The van der Waals surface area contributed by atoms with Gasteiger partial charge in [-0.1, -0.05) is 31.4 Å². The Bertz CT molecular complexity index is 1250. The van der Waals surface area contributed by atoms with Crippen molar-refractivity contribution in [1.82, 2.24) is 0 Å². The molecule has 0 aromatic heterocycles. The molecule has 0 spiro atoms. The van der Waals surface area contributed by atoms with Gasteiger partial charge in [0.25, 0.3) is 0 Å². The molecule has 0 radical (unpaired) electrons. The van der Waals surface area contributed by atoms with E-state index in [1.54, 1.807) is 14.2 Å². The predicted octanol–water partition coefficient (Wildman–Crippen LogP) is 5.00. The smallest absolute Gasteiger partial charge is 0.127 e. The van der Waals surface area contributed by atoms with E-state index in [1.807, 2.05) is 0 Å². The van der Waals surface area contributed by atoms with Crippen LogP contribution >= 0.6 is 0 Å². The van der Waals surface area contributed by atoms with Gasteiger partial charge in [0.05, 0.1) is 20.8 Å². The quantitative estimate of drug-likeness (QED) is 0.201. The lowest BCUT2D eigenvalue weighted by molar-refractivity contribution is 0.206. The van der Waals surface area contributed by atoms with E-state index in [2.05, 4.69) is 42.5 Å². The molecule has 0 bridgehead atoms. The molecule has 0 amide bonds. The first kappa shape index (κ1) is 31.8. The summed E-state index contributed by atoms with van der Waals surface area (Å²) in [6.45, 7) is 2.94. The van der Waals surface area contributed by atoms with E-state index in [-0.39, 0.29) is 0 Å². The number of rotatable bonds is 15. The van der Waals surface area contributed by atoms with Crippen LogP contribution in [0.25, 0.3) is 22.3 Å². The third-order valence-electron chi connectivity index (χ3n) is 8.40. The summed E-state index contributed by atoms with van der Waals surface area (Å²) >= 11 is 0. The Morgan fingerprint density at radius 3 is 1.74 bits per heavy atom. The second-order valence-corrected chi connectivity index (χ2v) is 11.3. The van der Waals surface area contributed by atoms with Crippen molar-refractivity contribution in [3.8, 4) is 39.5 Å². The van der Waals surface area contributed by atoms with Gasteiger partial charge in [0.2, 0.25) is 0 Å². The standard InChI is InChI=1S/C35H50N4O3/c1-40-31-20-26(10-14-36)34(27(21-31)11-15-37)25-8-9-32(33(22-25)41-2)30-18-28(12-16-38)35(29(19-30)13-17-39)42-23-24-6-4-3-5-7-24/h8-9,18-22,24H,3-7,10-17,23,36-39H2,1-2H3. The molecule has 228 valence electrons. The van der Waals surface area contributed by atoms with Gasteiger partial charge in [0.15, 0.2) is 0 Å². The Morgan fingerprint density at radius 1 is 0.643 bits per heavy atom. The van der Waals surface area contributed by atoms with Crippen LogP contribution < -0.4 is 37.1 Å². The maximum absolute atomic E-state index is 6.56. The Balaban J connectivity index is 1.77. The van der Waals surface area contributed by atoms with Crippen LogP contribution in [0.3, 0.4) is 0 Å². The van der Waals surface area contributed by atoms with Crippen LogP contribution in [0, 0.1) is 5.92 Å². The minimum absolute atomic E-state index is 0.542. The van der Waals surface area contributed by atoms with Gasteiger partial charge in [-0.05, 0) is 140 Å². The lowest BCUT2D eigenvalue weighted by Crippen LogP contribution is -2.17. The zero-order chi connectivity index (χ0) is 29.9. The summed E-state index contributed by atoms with van der Waals surface area (Å²) in [5.41, 5.74) is 33.1. The average Bonchev–Trinajstić information content (AvgIpc) is 3.01. The number of methoxy groups -OCH3 is 2. The van der Waals surface area contributed by atoms with E-state index in [4.69, 9.17) is 37.1 Å². The topological polar surface area (TPSA) is 132 Å². The fourth-order valence-corrected chi connectivity index (χ4v) is 6.35. The monoisotopic (exact) mass is 574 g/mol. The highest BCUT2D eigenvalue weighted by molar-refractivity contribution is 5.80. The van der Waals surface area contributed by atoms with Crippen molar-refractivity contribution in [1.29, 1.82) is 0 Å². The summed E-state index contributed by atoms with van der Waals surface area (Å²) in [7, 11) is 3.41. The van der Waals surface area contributed by atoms with Crippen LogP contribution in [-0.4, -0.2) is 47.0 Å². The Kier molecular flexibility index (Phi) is 12.1. The molecular weight excluding hydrogens is 524 g/mol. The molecule has 0 atom stereocenters. The molecule has 7 heteroatoms. The van der Waals surface area contributed by atoms with Crippen LogP contribution in [0.2, 0.25) is 0 Å². The molecule has 4 rings (SSSR count). The van der Waals surface area contributed by atoms with Crippen LogP contribution in [0.4, 0.5) is 0 Å². The van der Waals surface area contributed by atoms with Gasteiger partial charge < -0.3 is 37.1 Å². The third kappa shape index (κ3) is 7.64. The van der Waals surface area contributed by atoms with Crippen molar-refractivity contribution < 1.29 is 14.2 Å². The van der Waals surface area contributed by atoms with Crippen LogP contribution in [0.1, 0.15) is 54.4 Å². The van der Waals surface area contributed by atoms with Crippen molar-refractivity contribution in [2.24, 2.45) is 28.9 Å². The summed E-state index contributed by atoms with van der Waals surface area (Å²) in [5, 5.41) is 0. The molecule has 3 aromatic rings. The highest BCUT2D eigenvalue weighted by Gasteiger charge is 2.20. The Hall–Kier alpha value is -3.10. The number of hydrogen-bond acceptors (Lipinski definition) is 7. The predicted molar refractivity (Wildman–Crippen MR) is 174 cm³/mol. The maximum atomic E-state index is 6.56. The number of ether oxygens (including phenoxy) is 3. The highest BCUT2D eigenvalue weighted by Crippen LogP contribution is 2.41. The molecule has 1 aliphatic rings. The van der Waals surface area contributed by atoms with Gasteiger partial charge in [0, 0.05) is 5.56 Å². The highest BCUT2D eigenvalue weighted by atomic mass is 16.5. The van der Waals surface area contributed by atoms with Gasteiger partial charge in [-0.15, -0.1) is 0 Å². The molecule has 1 saturated carbocycles. The third-order valence-corrected chi connectivity index (χ3v) is 8.40. The molecule has 1 aliphatic carbocycles. The zero-order valence-electron chi connectivity index (χ0n) is 25.6. The first-order valence-electron chi connectivity index (χ1n) is 15.5. The van der Waals surface area contributed by atoms with Crippen molar-refractivity contribution in [3.63, 3.8) is 0 Å². The normalized spacial score (nSPS) is 13.8. The minimum atomic E-state index is 0.542. The average molecular weight is 575 g/mol. The molecule has 8 N–H and O–H groups in total. The van der Waals surface area contributed by atoms with Crippen molar-refractivity contribution in [2.45, 2.75) is 57.8 Å². The fraction of sp³-hybridized carbons (Fsp3) is 0.486. The van der Waals surface area contributed by atoms with E-state index in [9.17, 15) is 0 Å². The Morgan fingerprint density at radius 2 is 1.21 bits per heavy atom. The number of benzene rings is 3. The maximum Gasteiger partial charge on any atom is 0.127 e. The lowest BCUT2D eigenvalue weighted by atomic mass is 9.88.